The van der Waals surface area contributed by atoms with E-state index in [0.717, 1.165) is 31.9 Å². The van der Waals surface area contributed by atoms with Gasteiger partial charge in [-0.15, -0.1) is 0 Å². The maximum atomic E-state index is 13.1. The maximum absolute atomic E-state index is 13.1. The number of piperazine rings is 1. The van der Waals surface area contributed by atoms with Crippen LogP contribution >= 0.6 is 0 Å². The number of carbonyl (C=O) groups excluding carboxylic acids is 3. The van der Waals surface area contributed by atoms with E-state index >= 15 is 0 Å². The molecule has 1 atom stereocenters. The van der Waals surface area contributed by atoms with Crippen LogP contribution < -0.4 is 9.80 Å². The van der Waals surface area contributed by atoms with Gasteiger partial charge in [-0.2, -0.15) is 0 Å². The van der Waals surface area contributed by atoms with E-state index in [1.807, 2.05) is 31.2 Å². The molecule has 0 saturated carbocycles. The average Bonchev–Trinajstić information content (AvgIpc) is 3.06. The number of benzene rings is 1. The number of H-pyrrole nitrogens is 1. The van der Waals surface area contributed by atoms with Crippen molar-refractivity contribution in [1.29, 1.82) is 0 Å². The number of hydrogen-bond acceptors (Lipinski definition) is 5. The molecule has 2 aromatic rings. The number of carbonyl (C=O) groups is 3. The first-order chi connectivity index (χ1) is 14.2. The highest BCUT2D eigenvalue weighted by atomic mass is 16.5. The zero-order chi connectivity index (χ0) is 22.0. The maximum Gasteiger partial charge on any atom is 0.339 e. The zero-order valence-electron chi connectivity index (χ0n) is 18.3. The number of methoxy groups -OCH3 is 1. The van der Waals surface area contributed by atoms with Crippen LogP contribution in [0.15, 0.2) is 24.3 Å². The summed E-state index contributed by atoms with van der Waals surface area (Å²) in [5.74, 6) is -0.349. The molecule has 30 heavy (non-hydrogen) atoms. The van der Waals surface area contributed by atoms with Crippen molar-refractivity contribution < 1.29 is 24.0 Å². The highest BCUT2D eigenvalue weighted by molar-refractivity contribution is 6.03. The summed E-state index contributed by atoms with van der Waals surface area (Å²) in [5, 5.41) is 0. The van der Waals surface area contributed by atoms with Gasteiger partial charge in [0.1, 0.15) is 0 Å². The molecule has 3 rings (SSSR count). The molecule has 1 aliphatic rings. The van der Waals surface area contributed by atoms with Crippen LogP contribution in [0.3, 0.4) is 0 Å². The Hall–Kier alpha value is -2.93. The molecule has 1 aromatic heterocycles. The summed E-state index contributed by atoms with van der Waals surface area (Å²) in [6.07, 6.45) is 0. The molecule has 0 aliphatic carbocycles. The molecule has 0 amide bonds. The van der Waals surface area contributed by atoms with Crippen molar-refractivity contribution in [3.8, 4) is 0 Å². The van der Waals surface area contributed by atoms with Crippen LogP contribution in [0.1, 0.15) is 56.3 Å². The lowest BCUT2D eigenvalue weighted by Crippen LogP contribution is -3.18. The second kappa shape index (κ2) is 8.83. The predicted octanol–water partition coefficient (Wildman–Crippen LogP) is 1.60. The molecule has 0 unspecified atom stereocenters. The number of rotatable bonds is 6. The first kappa shape index (κ1) is 21.8. The smallest absolute Gasteiger partial charge is 0.339 e. The number of aromatic nitrogens is 1. The van der Waals surface area contributed by atoms with Crippen molar-refractivity contribution in [2.24, 2.45) is 0 Å². The van der Waals surface area contributed by atoms with Gasteiger partial charge in [-0.05, 0) is 57.5 Å². The van der Waals surface area contributed by atoms with Crippen molar-refractivity contribution in [2.45, 2.75) is 33.7 Å². The zero-order valence-corrected chi connectivity index (χ0v) is 18.3. The molecule has 7 heteroatoms. The number of hydrogen-bond donors (Lipinski definition) is 2. The number of ether oxygens (including phenoxy) is 1. The molecule has 1 aromatic carbocycles. The van der Waals surface area contributed by atoms with Crippen molar-refractivity contribution in [3.05, 3.63) is 52.3 Å². The first-order valence-electron chi connectivity index (χ1n) is 10.3. The summed E-state index contributed by atoms with van der Waals surface area (Å²) >= 11 is 0. The van der Waals surface area contributed by atoms with Gasteiger partial charge in [-0.25, -0.2) is 4.79 Å². The molecule has 1 fully saturated rings. The van der Waals surface area contributed by atoms with Crippen LogP contribution in [0.2, 0.25) is 0 Å². The molecule has 1 saturated heterocycles. The predicted molar refractivity (Wildman–Crippen MR) is 115 cm³/mol. The Morgan fingerprint density at radius 3 is 2.23 bits per heavy atom. The van der Waals surface area contributed by atoms with Gasteiger partial charge in [0.05, 0.1) is 44.5 Å². The van der Waals surface area contributed by atoms with Gasteiger partial charge in [0.25, 0.3) is 0 Å². The minimum atomic E-state index is -0.426. The quantitative estimate of drug-likeness (QED) is 0.556. The number of nitrogens with zero attached hydrogens (tertiary/aromatic N) is 1. The van der Waals surface area contributed by atoms with Gasteiger partial charge in [-0.1, -0.05) is 0 Å². The SMILES string of the molecule is COC(=O)c1c(C)[nH]c(C(=O)[C@H](C)[NH+]2CCN(c3ccc(C(C)=O)cc3)CC2)c1C. The molecule has 0 bridgehead atoms. The third-order valence-electron chi connectivity index (χ3n) is 6.12. The summed E-state index contributed by atoms with van der Waals surface area (Å²) in [6.45, 7) is 10.4. The van der Waals surface area contributed by atoms with E-state index in [0.29, 0.717) is 28.1 Å². The summed E-state index contributed by atoms with van der Waals surface area (Å²) in [6, 6.07) is 7.47. The Balaban J connectivity index is 1.66. The van der Waals surface area contributed by atoms with E-state index in [4.69, 9.17) is 4.74 Å². The molecule has 160 valence electrons. The average molecular weight is 413 g/mol. The van der Waals surface area contributed by atoms with Crippen LogP contribution in [-0.4, -0.2) is 61.9 Å². The summed E-state index contributed by atoms with van der Waals surface area (Å²) in [4.78, 5) is 43.2. The van der Waals surface area contributed by atoms with Crippen LogP contribution in [0.25, 0.3) is 0 Å². The van der Waals surface area contributed by atoms with Crippen LogP contribution in [0.5, 0.6) is 0 Å². The molecule has 0 spiro atoms. The minimum Gasteiger partial charge on any atom is -0.465 e. The highest BCUT2D eigenvalue weighted by Crippen LogP contribution is 2.20. The third kappa shape index (κ3) is 4.16. The fourth-order valence-corrected chi connectivity index (χ4v) is 4.20. The second-order valence-corrected chi connectivity index (χ2v) is 7.95. The lowest BCUT2D eigenvalue weighted by atomic mass is 10.0. The number of Topliss-reactive ketones (excluding diaryl/α,β-unsaturated/α-hetero) is 2. The van der Waals surface area contributed by atoms with E-state index < -0.39 is 5.97 Å². The number of aryl methyl sites for hydroxylation is 1. The van der Waals surface area contributed by atoms with E-state index in [-0.39, 0.29) is 17.6 Å². The Bertz CT molecular complexity index is 954. The van der Waals surface area contributed by atoms with E-state index in [1.54, 1.807) is 20.8 Å². The minimum absolute atomic E-state index is 0.0139. The monoisotopic (exact) mass is 412 g/mol. The molecule has 2 N–H and O–H groups in total. The standard InChI is InChI=1S/C23H29N3O4/c1-14-20(23(29)30-5)15(2)24-21(14)22(28)16(3)25-10-12-26(13-11-25)19-8-6-18(7-9-19)17(4)27/h6-9,16,24H,10-13H2,1-5H3/p+1/t16-/m0/s1. The molecule has 2 heterocycles. The molecular formula is C23H30N3O4+. The van der Waals surface area contributed by atoms with Gasteiger partial charge >= 0.3 is 5.97 Å². The van der Waals surface area contributed by atoms with Crippen molar-refractivity contribution in [3.63, 3.8) is 0 Å². The van der Waals surface area contributed by atoms with Crippen molar-refractivity contribution in [1.82, 2.24) is 4.98 Å². The number of ketones is 2. The fraction of sp³-hybridized carbons (Fsp3) is 0.435. The topological polar surface area (TPSA) is 83.9 Å². The van der Waals surface area contributed by atoms with Gasteiger partial charge in [0.15, 0.2) is 11.8 Å². The van der Waals surface area contributed by atoms with Crippen molar-refractivity contribution in [2.75, 3.05) is 38.2 Å². The molecule has 7 nitrogen and oxygen atoms in total. The summed E-state index contributed by atoms with van der Waals surface area (Å²) in [5.41, 5.74) is 4.06. The van der Waals surface area contributed by atoms with E-state index in [1.165, 1.54) is 12.0 Å². The number of esters is 1. The van der Waals surface area contributed by atoms with Gasteiger partial charge < -0.3 is 19.5 Å². The third-order valence-corrected chi connectivity index (χ3v) is 6.12. The number of nitrogens with one attached hydrogen (secondary N) is 2. The summed E-state index contributed by atoms with van der Waals surface area (Å²) in [7, 11) is 1.34. The fourth-order valence-electron chi connectivity index (χ4n) is 4.20. The van der Waals surface area contributed by atoms with Gasteiger partial charge in [0, 0.05) is 16.9 Å². The Morgan fingerprint density at radius 1 is 1.10 bits per heavy atom. The number of quaternary nitrogens is 1. The largest absolute Gasteiger partial charge is 0.465 e. The van der Waals surface area contributed by atoms with E-state index in [2.05, 4.69) is 9.88 Å². The highest BCUT2D eigenvalue weighted by Gasteiger charge is 2.33. The Kier molecular flexibility index (Phi) is 6.41. The Morgan fingerprint density at radius 2 is 1.70 bits per heavy atom. The van der Waals surface area contributed by atoms with Crippen LogP contribution in [0, 0.1) is 13.8 Å². The van der Waals surface area contributed by atoms with Crippen LogP contribution in [0.4, 0.5) is 5.69 Å². The Labute approximate surface area is 177 Å². The number of anilines is 1. The first-order valence-corrected chi connectivity index (χ1v) is 10.3. The lowest BCUT2D eigenvalue weighted by molar-refractivity contribution is -0.914. The number of aromatic amines is 1. The molecule has 1 aliphatic heterocycles. The second-order valence-electron chi connectivity index (χ2n) is 7.95. The lowest BCUT2D eigenvalue weighted by Gasteiger charge is -2.36. The molecule has 0 radical (unpaired) electrons. The van der Waals surface area contributed by atoms with E-state index in [9.17, 15) is 14.4 Å². The van der Waals surface area contributed by atoms with Gasteiger partial charge in [-0.3, -0.25) is 9.59 Å². The molecular weight excluding hydrogens is 382 g/mol. The summed E-state index contributed by atoms with van der Waals surface area (Å²) < 4.78 is 4.84. The van der Waals surface area contributed by atoms with Gasteiger partial charge in [0.2, 0.25) is 5.78 Å². The normalized spacial score (nSPS) is 15.7. The van der Waals surface area contributed by atoms with Crippen molar-refractivity contribution >= 4 is 23.2 Å². The van der Waals surface area contributed by atoms with Crippen LogP contribution in [-0.2, 0) is 4.74 Å².